The number of aryl methyl sites for hydroxylation is 1. The number of morpholine rings is 1. The number of piperazine rings is 1. The average molecular weight is 460 g/mol. The Bertz CT molecular complexity index is 913. The third-order valence-electron chi connectivity index (χ3n) is 6.48. The van der Waals surface area contributed by atoms with Crippen molar-refractivity contribution >= 4 is 5.91 Å². The van der Waals surface area contributed by atoms with Crippen molar-refractivity contribution in [1.82, 2.24) is 24.3 Å². The summed E-state index contributed by atoms with van der Waals surface area (Å²) < 4.78 is 27.7. The maximum absolute atomic E-state index is 13.3. The van der Waals surface area contributed by atoms with Gasteiger partial charge in [0.15, 0.2) is 0 Å². The van der Waals surface area contributed by atoms with Crippen LogP contribution in [0.15, 0.2) is 36.7 Å². The zero-order valence-electron chi connectivity index (χ0n) is 19.6. The highest BCUT2D eigenvalue weighted by atomic mass is 19.1. The minimum Gasteiger partial charge on any atom is -0.491 e. The van der Waals surface area contributed by atoms with Crippen LogP contribution in [0.1, 0.15) is 19.2 Å². The average Bonchev–Trinajstić information content (AvgIpc) is 3.26. The fraction of sp³-hybridized carbons (Fsp3) is 0.583. The normalized spacial score (nSPS) is 22.5. The molecule has 0 unspecified atom stereocenters. The highest BCUT2D eigenvalue weighted by Crippen LogP contribution is 2.26. The van der Waals surface area contributed by atoms with Gasteiger partial charge in [0.25, 0.3) is 0 Å². The van der Waals surface area contributed by atoms with Crippen molar-refractivity contribution < 1.29 is 18.7 Å². The lowest BCUT2D eigenvalue weighted by Gasteiger charge is -2.43. The monoisotopic (exact) mass is 459 g/mol. The maximum Gasteiger partial charge on any atom is 0.225 e. The summed E-state index contributed by atoms with van der Waals surface area (Å²) in [6.45, 7) is 8.89. The van der Waals surface area contributed by atoms with Crippen molar-refractivity contribution in [2.75, 3.05) is 59.5 Å². The van der Waals surface area contributed by atoms with Gasteiger partial charge >= 0.3 is 0 Å². The van der Waals surface area contributed by atoms with E-state index in [2.05, 4.69) is 33.3 Å². The molecule has 0 spiro atoms. The number of hydrogen-bond acceptors (Lipinski definition) is 6. The Hall–Kier alpha value is -2.49. The van der Waals surface area contributed by atoms with Crippen LogP contribution in [0.5, 0.6) is 5.75 Å². The summed E-state index contributed by atoms with van der Waals surface area (Å²) in [5, 5.41) is 0. The number of rotatable bonds is 8. The molecule has 1 amide bonds. The Morgan fingerprint density at radius 3 is 2.67 bits per heavy atom. The summed E-state index contributed by atoms with van der Waals surface area (Å²) >= 11 is 0. The minimum absolute atomic E-state index is 0.0858. The third kappa shape index (κ3) is 6.10. The molecule has 1 atom stereocenters. The second kappa shape index (κ2) is 10.6. The lowest BCUT2D eigenvalue weighted by atomic mass is 9.96. The van der Waals surface area contributed by atoms with Gasteiger partial charge in [-0.05, 0) is 38.2 Å². The van der Waals surface area contributed by atoms with Crippen LogP contribution < -0.4 is 4.74 Å². The molecule has 2 aliphatic rings. The summed E-state index contributed by atoms with van der Waals surface area (Å²) in [4.78, 5) is 24.2. The van der Waals surface area contributed by atoms with Crippen molar-refractivity contribution in [3.63, 3.8) is 0 Å². The Balaban J connectivity index is 1.48. The Morgan fingerprint density at radius 2 is 1.94 bits per heavy atom. The molecule has 3 heterocycles. The fourth-order valence-corrected chi connectivity index (χ4v) is 4.47. The second-order valence-corrected chi connectivity index (χ2v) is 8.98. The number of imidazole rings is 1. The first-order valence-corrected chi connectivity index (χ1v) is 11.7. The van der Waals surface area contributed by atoms with E-state index >= 15 is 0 Å². The molecule has 0 aliphatic carbocycles. The molecule has 2 saturated heterocycles. The van der Waals surface area contributed by atoms with Crippen LogP contribution in [0.3, 0.4) is 0 Å². The Morgan fingerprint density at radius 1 is 1.18 bits per heavy atom. The van der Waals surface area contributed by atoms with Gasteiger partial charge in [-0.2, -0.15) is 0 Å². The lowest BCUT2D eigenvalue weighted by Crippen LogP contribution is -2.58. The number of likely N-dealkylation sites (N-methyl/N-ethyl adjacent to an activating group) is 1. The number of ether oxygens (including phenoxy) is 2. The van der Waals surface area contributed by atoms with Crippen LogP contribution in [0.25, 0.3) is 0 Å². The molecular weight excluding hydrogens is 425 g/mol. The summed E-state index contributed by atoms with van der Waals surface area (Å²) in [6, 6.07) is 5.94. The molecule has 1 aromatic heterocycles. The number of hydrogen-bond donors (Lipinski definition) is 0. The van der Waals surface area contributed by atoms with E-state index in [1.54, 1.807) is 12.1 Å². The largest absolute Gasteiger partial charge is 0.491 e. The van der Waals surface area contributed by atoms with E-state index in [-0.39, 0.29) is 24.8 Å². The molecule has 2 aliphatic heterocycles. The van der Waals surface area contributed by atoms with Gasteiger partial charge in [0, 0.05) is 58.2 Å². The van der Waals surface area contributed by atoms with Gasteiger partial charge < -0.3 is 23.8 Å². The van der Waals surface area contributed by atoms with Crippen molar-refractivity contribution in [2.45, 2.75) is 32.0 Å². The van der Waals surface area contributed by atoms with Crippen LogP contribution >= 0.6 is 0 Å². The van der Waals surface area contributed by atoms with E-state index in [0.29, 0.717) is 25.4 Å². The summed E-state index contributed by atoms with van der Waals surface area (Å²) in [7, 11) is 2.07. The van der Waals surface area contributed by atoms with Gasteiger partial charge in [0.05, 0.1) is 19.6 Å². The third-order valence-corrected chi connectivity index (χ3v) is 6.48. The minimum atomic E-state index is -0.781. The first-order chi connectivity index (χ1) is 16.0. The highest BCUT2D eigenvalue weighted by Gasteiger charge is 2.41. The number of halogens is 1. The molecule has 2 aromatic rings. The molecule has 2 fully saturated rings. The van der Waals surface area contributed by atoms with E-state index in [1.807, 2.05) is 17.3 Å². The van der Waals surface area contributed by atoms with Gasteiger partial charge in [-0.1, -0.05) is 0 Å². The number of nitrogens with zero attached hydrogens (tertiary/aromatic N) is 5. The van der Waals surface area contributed by atoms with Crippen LogP contribution in [0.4, 0.5) is 4.39 Å². The fourth-order valence-electron chi connectivity index (χ4n) is 4.47. The van der Waals surface area contributed by atoms with E-state index in [9.17, 15) is 9.18 Å². The molecule has 0 saturated carbocycles. The molecule has 4 rings (SSSR count). The van der Waals surface area contributed by atoms with Crippen LogP contribution in [0, 0.1) is 5.82 Å². The number of amides is 1. The van der Waals surface area contributed by atoms with Crippen LogP contribution in [-0.2, 0) is 22.6 Å². The molecule has 9 heteroatoms. The molecular formula is C24H34FN5O3. The smallest absolute Gasteiger partial charge is 0.225 e. The van der Waals surface area contributed by atoms with E-state index in [4.69, 9.17) is 9.47 Å². The van der Waals surface area contributed by atoms with Crippen molar-refractivity contribution in [3.8, 4) is 5.75 Å². The van der Waals surface area contributed by atoms with Gasteiger partial charge in [-0.25, -0.2) is 9.37 Å². The van der Waals surface area contributed by atoms with Gasteiger partial charge in [0.2, 0.25) is 5.91 Å². The van der Waals surface area contributed by atoms with Crippen LogP contribution in [-0.4, -0.2) is 95.3 Å². The first-order valence-electron chi connectivity index (χ1n) is 11.7. The van der Waals surface area contributed by atoms with Crippen molar-refractivity contribution in [2.24, 2.45) is 0 Å². The predicted molar refractivity (Wildman–Crippen MR) is 122 cm³/mol. The quantitative estimate of drug-likeness (QED) is 0.601. The van der Waals surface area contributed by atoms with Crippen molar-refractivity contribution in [1.29, 1.82) is 0 Å². The number of benzene rings is 1. The standard InChI is InChI=1S/C24H34FN5O3/c1-3-29-9-8-26-22(29)17-28-14-15-33-24(18-28,19-32-21-6-4-20(25)5-7-21)16-23(31)30-12-10-27(2)11-13-30/h4-9H,3,10-19H2,1-2H3/t24-/m1/s1. The van der Waals surface area contributed by atoms with E-state index < -0.39 is 5.60 Å². The second-order valence-electron chi connectivity index (χ2n) is 8.98. The zero-order valence-corrected chi connectivity index (χ0v) is 19.6. The Kier molecular flexibility index (Phi) is 7.62. The van der Waals surface area contributed by atoms with Crippen molar-refractivity contribution in [3.05, 3.63) is 48.3 Å². The Labute approximate surface area is 194 Å². The summed E-state index contributed by atoms with van der Waals surface area (Å²) in [5.41, 5.74) is -0.781. The molecule has 0 N–H and O–H groups in total. The molecule has 1 aromatic carbocycles. The molecule has 8 nitrogen and oxygen atoms in total. The van der Waals surface area contributed by atoms with E-state index in [1.165, 1.54) is 12.1 Å². The molecule has 33 heavy (non-hydrogen) atoms. The number of carbonyl (C=O) groups is 1. The lowest BCUT2D eigenvalue weighted by molar-refractivity contribution is -0.158. The topological polar surface area (TPSA) is 63.1 Å². The molecule has 180 valence electrons. The number of carbonyl (C=O) groups excluding carboxylic acids is 1. The zero-order chi connectivity index (χ0) is 23.3. The SMILES string of the molecule is CCn1ccnc1CN1CCO[C@](COc2ccc(F)cc2)(CC(=O)N2CCN(C)CC2)C1. The van der Waals surface area contributed by atoms with Gasteiger partial charge in [-0.15, -0.1) is 0 Å². The highest BCUT2D eigenvalue weighted by molar-refractivity contribution is 5.77. The number of aromatic nitrogens is 2. The van der Waals surface area contributed by atoms with Gasteiger partial charge in [-0.3, -0.25) is 9.69 Å². The summed E-state index contributed by atoms with van der Waals surface area (Å²) in [6.07, 6.45) is 4.05. The van der Waals surface area contributed by atoms with Crippen LogP contribution in [0.2, 0.25) is 0 Å². The van der Waals surface area contributed by atoms with Gasteiger partial charge in [0.1, 0.15) is 29.6 Å². The maximum atomic E-state index is 13.3. The summed E-state index contributed by atoms with van der Waals surface area (Å²) in [5.74, 6) is 1.33. The predicted octanol–water partition coefficient (Wildman–Crippen LogP) is 1.86. The van der Waals surface area contributed by atoms with E-state index in [0.717, 1.165) is 45.1 Å². The first kappa shape index (κ1) is 23.7. The molecule has 0 radical (unpaired) electrons. The molecule has 0 bridgehead atoms.